The number of nitrogens with one attached hydrogen (secondary N) is 1. The fraction of sp³-hybridized carbons (Fsp3) is 0.455. The van der Waals surface area contributed by atoms with Gasteiger partial charge >= 0.3 is 18.3 Å². The number of alkyl halides is 7. The van der Waals surface area contributed by atoms with Crippen molar-refractivity contribution in [2.24, 2.45) is 0 Å². The van der Waals surface area contributed by atoms with Crippen molar-refractivity contribution in [3.8, 4) is 0 Å². The summed E-state index contributed by atoms with van der Waals surface area (Å²) in [5.41, 5.74) is -1.53. The van der Waals surface area contributed by atoms with Gasteiger partial charge in [-0.05, 0) is 12.2 Å². The minimum atomic E-state index is -5.08. The van der Waals surface area contributed by atoms with Gasteiger partial charge < -0.3 is 14.9 Å². The Balaban J connectivity index is 0.000000322. The molecule has 0 bridgehead atoms. The normalized spacial score (nSPS) is 17.3. The van der Waals surface area contributed by atoms with Crippen LogP contribution in [0.3, 0.4) is 0 Å². The van der Waals surface area contributed by atoms with Gasteiger partial charge in [-0.1, -0.05) is 5.16 Å². The molecule has 0 aliphatic carbocycles. The standard InChI is InChI=1S/C9H8F4N2O.C2HF3O2/c10-8(4-14-5-8)2-1-6-3-7(16-15-6)9(11,12)13;3-2(4,5)1(6)7/h1-3,14H,4-5H2;(H,6,7). The number of hydrogen-bond acceptors (Lipinski definition) is 4. The lowest BCUT2D eigenvalue weighted by atomic mass is 9.99. The van der Waals surface area contributed by atoms with Gasteiger partial charge in [0.15, 0.2) is 5.67 Å². The molecule has 1 aliphatic heterocycles. The topological polar surface area (TPSA) is 75.4 Å². The molecule has 12 heteroatoms. The first-order valence-corrected chi connectivity index (χ1v) is 5.76. The number of rotatable bonds is 2. The largest absolute Gasteiger partial charge is 0.490 e. The van der Waals surface area contributed by atoms with Crippen LogP contribution in [0, 0.1) is 0 Å². The lowest BCUT2D eigenvalue weighted by molar-refractivity contribution is -0.192. The van der Waals surface area contributed by atoms with Gasteiger partial charge in [-0.2, -0.15) is 26.3 Å². The van der Waals surface area contributed by atoms with E-state index in [9.17, 15) is 30.7 Å². The van der Waals surface area contributed by atoms with Crippen LogP contribution in [0.25, 0.3) is 6.08 Å². The molecule has 0 unspecified atom stereocenters. The second-order valence-corrected chi connectivity index (χ2v) is 4.39. The first kappa shape index (κ1) is 18.9. The number of carboxylic acid groups (broad SMARTS) is 1. The number of hydrogen-bond donors (Lipinski definition) is 2. The van der Waals surface area contributed by atoms with Crippen molar-refractivity contribution >= 4 is 12.0 Å². The van der Waals surface area contributed by atoms with Gasteiger partial charge in [-0.3, -0.25) is 0 Å². The van der Waals surface area contributed by atoms with Gasteiger partial charge in [0.2, 0.25) is 5.76 Å². The zero-order valence-electron chi connectivity index (χ0n) is 11.0. The SMILES string of the molecule is FC1(C=Cc2cc(C(F)(F)F)on2)CNC1.O=C(O)C(F)(F)F. The second-order valence-electron chi connectivity index (χ2n) is 4.39. The van der Waals surface area contributed by atoms with Crippen LogP contribution in [-0.4, -0.2) is 41.2 Å². The molecule has 23 heavy (non-hydrogen) atoms. The van der Waals surface area contributed by atoms with Gasteiger partial charge in [0.05, 0.1) is 0 Å². The van der Waals surface area contributed by atoms with Crippen LogP contribution < -0.4 is 5.32 Å². The number of aliphatic carboxylic acids is 1. The van der Waals surface area contributed by atoms with E-state index in [0.717, 1.165) is 6.07 Å². The van der Waals surface area contributed by atoms with E-state index >= 15 is 0 Å². The molecule has 1 aromatic heterocycles. The molecule has 1 fully saturated rings. The van der Waals surface area contributed by atoms with Crippen LogP contribution in [0.15, 0.2) is 16.7 Å². The molecular weight excluding hydrogens is 341 g/mol. The Morgan fingerprint density at radius 1 is 1.30 bits per heavy atom. The molecule has 1 aromatic rings. The van der Waals surface area contributed by atoms with Crippen LogP contribution in [-0.2, 0) is 11.0 Å². The van der Waals surface area contributed by atoms with Crippen molar-refractivity contribution in [2.75, 3.05) is 13.1 Å². The quantitative estimate of drug-likeness (QED) is 0.802. The minimum Gasteiger partial charge on any atom is -0.475 e. The van der Waals surface area contributed by atoms with E-state index < -0.39 is 29.8 Å². The average Bonchev–Trinajstić information content (AvgIpc) is 2.82. The highest BCUT2D eigenvalue weighted by molar-refractivity contribution is 5.73. The highest BCUT2D eigenvalue weighted by Crippen LogP contribution is 2.30. The fourth-order valence-electron chi connectivity index (χ4n) is 1.22. The Kier molecular flexibility index (Phi) is 5.40. The van der Waals surface area contributed by atoms with E-state index in [0.29, 0.717) is 0 Å². The van der Waals surface area contributed by atoms with Crippen molar-refractivity contribution in [3.05, 3.63) is 23.6 Å². The molecule has 0 amide bonds. The van der Waals surface area contributed by atoms with E-state index in [1.807, 2.05) is 0 Å². The highest BCUT2D eigenvalue weighted by atomic mass is 19.4. The third kappa shape index (κ3) is 5.88. The maximum atomic E-state index is 13.4. The predicted octanol–water partition coefficient (Wildman–Crippen LogP) is 2.65. The van der Waals surface area contributed by atoms with Crippen molar-refractivity contribution in [1.82, 2.24) is 10.5 Å². The molecular formula is C11H9F7N2O3. The molecule has 0 aromatic carbocycles. The Morgan fingerprint density at radius 3 is 2.13 bits per heavy atom. The zero-order valence-corrected chi connectivity index (χ0v) is 11.0. The summed E-state index contributed by atoms with van der Waals surface area (Å²) in [6, 6.07) is 0.728. The number of carboxylic acids is 1. The summed E-state index contributed by atoms with van der Waals surface area (Å²) in [6.07, 6.45) is -7.29. The highest BCUT2D eigenvalue weighted by Gasteiger charge is 2.38. The van der Waals surface area contributed by atoms with E-state index in [4.69, 9.17) is 9.90 Å². The third-order valence-corrected chi connectivity index (χ3v) is 2.44. The van der Waals surface area contributed by atoms with E-state index in [1.54, 1.807) is 0 Å². The fourth-order valence-corrected chi connectivity index (χ4v) is 1.22. The van der Waals surface area contributed by atoms with E-state index in [1.165, 1.54) is 12.2 Å². The Hall–Kier alpha value is -2.11. The maximum absolute atomic E-state index is 13.4. The Bertz CT molecular complexity index is 573. The predicted molar refractivity (Wildman–Crippen MR) is 60.9 cm³/mol. The van der Waals surface area contributed by atoms with Crippen molar-refractivity contribution < 1.29 is 45.2 Å². The lowest BCUT2D eigenvalue weighted by Gasteiger charge is -2.31. The van der Waals surface area contributed by atoms with Crippen molar-refractivity contribution in [3.63, 3.8) is 0 Å². The molecule has 2 heterocycles. The number of nitrogens with zero attached hydrogens (tertiary/aromatic N) is 1. The molecule has 1 aliphatic rings. The maximum Gasteiger partial charge on any atom is 0.490 e. The Morgan fingerprint density at radius 2 is 1.83 bits per heavy atom. The number of carbonyl (C=O) groups is 1. The lowest BCUT2D eigenvalue weighted by Crippen LogP contribution is -2.54. The molecule has 0 saturated carbocycles. The third-order valence-electron chi connectivity index (χ3n) is 2.44. The zero-order chi connectivity index (χ0) is 17.9. The molecule has 2 rings (SSSR count). The molecule has 130 valence electrons. The average molecular weight is 350 g/mol. The van der Waals surface area contributed by atoms with Crippen molar-refractivity contribution in [2.45, 2.75) is 18.0 Å². The Labute approximate surface area is 123 Å². The summed E-state index contributed by atoms with van der Waals surface area (Å²) in [4.78, 5) is 8.90. The van der Waals surface area contributed by atoms with Gasteiger partial charge in [0.25, 0.3) is 0 Å². The molecule has 5 nitrogen and oxygen atoms in total. The molecule has 0 atom stereocenters. The summed E-state index contributed by atoms with van der Waals surface area (Å²) in [5, 5.41) is 13.0. The van der Waals surface area contributed by atoms with E-state index in [2.05, 4.69) is 15.0 Å². The first-order chi connectivity index (χ1) is 10.3. The van der Waals surface area contributed by atoms with Crippen LogP contribution in [0.1, 0.15) is 11.5 Å². The minimum absolute atomic E-state index is 0.0451. The summed E-state index contributed by atoms with van der Waals surface area (Å²) in [7, 11) is 0. The van der Waals surface area contributed by atoms with Gasteiger partial charge in [-0.25, -0.2) is 9.18 Å². The van der Waals surface area contributed by atoms with Crippen LogP contribution in [0.5, 0.6) is 0 Å². The summed E-state index contributed by atoms with van der Waals surface area (Å²) < 4.78 is 85.6. The van der Waals surface area contributed by atoms with Gasteiger partial charge in [0.1, 0.15) is 5.69 Å². The summed E-state index contributed by atoms with van der Waals surface area (Å²) in [6.45, 7) is 0.320. The van der Waals surface area contributed by atoms with Crippen molar-refractivity contribution in [1.29, 1.82) is 0 Å². The smallest absolute Gasteiger partial charge is 0.475 e. The molecule has 0 spiro atoms. The van der Waals surface area contributed by atoms with Gasteiger partial charge in [0, 0.05) is 19.2 Å². The monoisotopic (exact) mass is 350 g/mol. The summed E-state index contributed by atoms with van der Waals surface area (Å²) >= 11 is 0. The molecule has 0 radical (unpaired) electrons. The van der Waals surface area contributed by atoms with E-state index in [-0.39, 0.29) is 18.8 Å². The molecule has 2 N–H and O–H groups in total. The van der Waals surface area contributed by atoms with Gasteiger partial charge in [-0.15, -0.1) is 0 Å². The number of halogens is 7. The van der Waals surface area contributed by atoms with Crippen LogP contribution >= 0.6 is 0 Å². The summed E-state index contributed by atoms with van der Waals surface area (Å²) in [5.74, 6) is -3.95. The van der Waals surface area contributed by atoms with Crippen LogP contribution in [0.4, 0.5) is 30.7 Å². The first-order valence-electron chi connectivity index (χ1n) is 5.76. The van der Waals surface area contributed by atoms with Crippen LogP contribution in [0.2, 0.25) is 0 Å². The second kappa shape index (κ2) is 6.56. The molecule has 1 saturated heterocycles. The number of aromatic nitrogens is 1.